The third kappa shape index (κ3) is 2.78. The van der Waals surface area contributed by atoms with Crippen molar-refractivity contribution in [3.63, 3.8) is 0 Å². The number of nitrogens with zero attached hydrogens (tertiary/aromatic N) is 1. The Kier molecular flexibility index (Phi) is 3.82. The second kappa shape index (κ2) is 5.05. The van der Waals surface area contributed by atoms with Crippen LogP contribution in [0.25, 0.3) is 0 Å². The number of carbonyl (C=O) groups is 1. The first-order chi connectivity index (χ1) is 8.42. The standard InChI is InChI=1S/C13H23NO4/c1-13(2,3)18-12(16)14-6-7-17-11-9(8-15)4-5-10(11)14/h9-11,15H,4-8H2,1-3H3/t9-,10+,11+/m0/s1. The monoisotopic (exact) mass is 257 g/mol. The average Bonchev–Trinajstić information content (AvgIpc) is 2.69. The van der Waals surface area contributed by atoms with Gasteiger partial charge in [0.2, 0.25) is 0 Å². The summed E-state index contributed by atoms with van der Waals surface area (Å²) in [6.07, 6.45) is 1.50. The second-order valence-corrected chi connectivity index (χ2v) is 6.10. The van der Waals surface area contributed by atoms with Crippen LogP contribution >= 0.6 is 0 Å². The number of hydrogen-bond donors (Lipinski definition) is 1. The third-order valence-corrected chi connectivity index (χ3v) is 3.58. The van der Waals surface area contributed by atoms with E-state index in [1.807, 2.05) is 20.8 Å². The Labute approximate surface area is 108 Å². The van der Waals surface area contributed by atoms with Gasteiger partial charge in [0.1, 0.15) is 5.60 Å². The molecular formula is C13H23NO4. The lowest BCUT2D eigenvalue weighted by atomic mass is 10.0. The maximum absolute atomic E-state index is 12.1. The lowest BCUT2D eigenvalue weighted by Crippen LogP contribution is -2.54. The molecule has 2 rings (SSSR count). The highest BCUT2D eigenvalue weighted by Gasteiger charge is 2.45. The van der Waals surface area contributed by atoms with E-state index in [0.717, 1.165) is 12.8 Å². The number of rotatable bonds is 1. The molecule has 0 unspecified atom stereocenters. The van der Waals surface area contributed by atoms with E-state index in [1.54, 1.807) is 4.90 Å². The van der Waals surface area contributed by atoms with Gasteiger partial charge in [0.25, 0.3) is 0 Å². The topological polar surface area (TPSA) is 59.0 Å². The zero-order chi connectivity index (χ0) is 13.3. The smallest absolute Gasteiger partial charge is 0.410 e. The summed E-state index contributed by atoms with van der Waals surface area (Å²) < 4.78 is 11.1. The summed E-state index contributed by atoms with van der Waals surface area (Å²) >= 11 is 0. The fraction of sp³-hybridized carbons (Fsp3) is 0.923. The molecule has 1 N–H and O–H groups in total. The van der Waals surface area contributed by atoms with E-state index in [4.69, 9.17) is 9.47 Å². The van der Waals surface area contributed by atoms with Crippen molar-refractivity contribution < 1.29 is 19.4 Å². The van der Waals surface area contributed by atoms with Crippen LogP contribution in [-0.4, -0.2) is 53.6 Å². The van der Waals surface area contributed by atoms with Crippen molar-refractivity contribution in [2.24, 2.45) is 5.92 Å². The normalized spacial score (nSPS) is 32.2. The summed E-state index contributed by atoms with van der Waals surface area (Å²) in [5.41, 5.74) is -0.472. The van der Waals surface area contributed by atoms with Crippen LogP contribution in [0.3, 0.4) is 0 Å². The zero-order valence-corrected chi connectivity index (χ0v) is 11.4. The van der Waals surface area contributed by atoms with Gasteiger partial charge < -0.3 is 19.5 Å². The SMILES string of the molecule is CC(C)(C)OC(=O)N1CCO[C@@H]2[C@H](CO)CC[C@H]21. The summed E-state index contributed by atoms with van der Waals surface area (Å²) in [5, 5.41) is 9.30. The molecule has 3 atom stereocenters. The molecule has 1 amide bonds. The summed E-state index contributed by atoms with van der Waals surface area (Å²) in [6.45, 7) is 6.84. The summed E-state index contributed by atoms with van der Waals surface area (Å²) in [7, 11) is 0. The molecule has 104 valence electrons. The predicted molar refractivity (Wildman–Crippen MR) is 66.3 cm³/mol. The summed E-state index contributed by atoms with van der Waals surface area (Å²) in [4.78, 5) is 13.9. The lowest BCUT2D eigenvalue weighted by Gasteiger charge is -2.39. The molecule has 1 heterocycles. The maximum atomic E-state index is 12.1. The van der Waals surface area contributed by atoms with Crippen LogP contribution in [0, 0.1) is 5.92 Å². The first-order valence-electron chi connectivity index (χ1n) is 6.64. The first kappa shape index (κ1) is 13.6. The minimum atomic E-state index is -0.472. The van der Waals surface area contributed by atoms with E-state index >= 15 is 0 Å². The van der Waals surface area contributed by atoms with E-state index in [-0.39, 0.29) is 30.8 Å². The van der Waals surface area contributed by atoms with Gasteiger partial charge in [0.15, 0.2) is 0 Å². The second-order valence-electron chi connectivity index (χ2n) is 6.10. The summed E-state index contributed by atoms with van der Waals surface area (Å²) in [6, 6.07) is 0.0609. The Morgan fingerprint density at radius 2 is 2.17 bits per heavy atom. The van der Waals surface area contributed by atoms with Crippen molar-refractivity contribution in [3.8, 4) is 0 Å². The van der Waals surface area contributed by atoms with Crippen molar-refractivity contribution in [2.45, 2.75) is 51.4 Å². The Balaban J connectivity index is 2.03. The van der Waals surface area contributed by atoms with Crippen LogP contribution in [-0.2, 0) is 9.47 Å². The molecule has 0 aromatic carbocycles. The molecule has 0 spiro atoms. The van der Waals surface area contributed by atoms with E-state index in [1.165, 1.54) is 0 Å². The lowest BCUT2D eigenvalue weighted by molar-refractivity contribution is -0.0829. The van der Waals surface area contributed by atoms with Gasteiger partial charge in [-0.15, -0.1) is 0 Å². The molecule has 2 fully saturated rings. The van der Waals surface area contributed by atoms with Gasteiger partial charge in [-0.1, -0.05) is 0 Å². The van der Waals surface area contributed by atoms with E-state index in [0.29, 0.717) is 13.2 Å². The molecule has 1 saturated carbocycles. The molecular weight excluding hydrogens is 234 g/mol. The van der Waals surface area contributed by atoms with Crippen LogP contribution in [0.4, 0.5) is 4.79 Å². The van der Waals surface area contributed by atoms with E-state index in [9.17, 15) is 9.90 Å². The molecule has 5 heteroatoms. The molecule has 1 aliphatic heterocycles. The van der Waals surface area contributed by atoms with Gasteiger partial charge >= 0.3 is 6.09 Å². The van der Waals surface area contributed by atoms with Crippen molar-refractivity contribution in [1.29, 1.82) is 0 Å². The van der Waals surface area contributed by atoms with Crippen LogP contribution < -0.4 is 0 Å². The zero-order valence-electron chi connectivity index (χ0n) is 11.4. The Morgan fingerprint density at radius 1 is 1.44 bits per heavy atom. The number of fused-ring (bicyclic) bond motifs is 1. The number of hydrogen-bond acceptors (Lipinski definition) is 4. The molecule has 0 bridgehead atoms. The van der Waals surface area contributed by atoms with Crippen LogP contribution in [0.15, 0.2) is 0 Å². The predicted octanol–water partition coefficient (Wildman–Crippen LogP) is 1.39. The van der Waals surface area contributed by atoms with Crippen molar-refractivity contribution >= 4 is 6.09 Å². The molecule has 1 saturated heterocycles. The Morgan fingerprint density at radius 3 is 2.78 bits per heavy atom. The van der Waals surface area contributed by atoms with Crippen LogP contribution in [0.2, 0.25) is 0 Å². The minimum Gasteiger partial charge on any atom is -0.444 e. The quantitative estimate of drug-likeness (QED) is 0.771. The number of ether oxygens (including phenoxy) is 2. The van der Waals surface area contributed by atoms with E-state index in [2.05, 4.69) is 0 Å². The maximum Gasteiger partial charge on any atom is 0.410 e. The van der Waals surface area contributed by atoms with Crippen molar-refractivity contribution in [2.75, 3.05) is 19.8 Å². The number of carbonyl (C=O) groups excluding carboxylic acids is 1. The highest BCUT2D eigenvalue weighted by Crippen LogP contribution is 2.34. The molecule has 5 nitrogen and oxygen atoms in total. The molecule has 0 aromatic rings. The van der Waals surface area contributed by atoms with Crippen molar-refractivity contribution in [1.82, 2.24) is 4.90 Å². The van der Waals surface area contributed by atoms with Gasteiger partial charge in [0, 0.05) is 19.1 Å². The molecule has 1 aliphatic carbocycles. The van der Waals surface area contributed by atoms with Crippen LogP contribution in [0.1, 0.15) is 33.6 Å². The molecule has 18 heavy (non-hydrogen) atoms. The molecule has 0 aromatic heterocycles. The fourth-order valence-electron chi connectivity index (χ4n) is 2.80. The molecule has 2 aliphatic rings. The Hall–Kier alpha value is -0.810. The average molecular weight is 257 g/mol. The van der Waals surface area contributed by atoms with E-state index < -0.39 is 5.60 Å². The number of aliphatic hydroxyl groups is 1. The van der Waals surface area contributed by atoms with Crippen molar-refractivity contribution in [3.05, 3.63) is 0 Å². The fourth-order valence-corrected chi connectivity index (χ4v) is 2.80. The number of aliphatic hydroxyl groups excluding tert-OH is 1. The van der Waals surface area contributed by atoms with Gasteiger partial charge in [-0.05, 0) is 33.6 Å². The highest BCUT2D eigenvalue weighted by molar-refractivity contribution is 5.68. The molecule has 0 radical (unpaired) electrons. The highest BCUT2D eigenvalue weighted by atomic mass is 16.6. The first-order valence-corrected chi connectivity index (χ1v) is 6.64. The minimum absolute atomic E-state index is 0.0312. The summed E-state index contributed by atoms with van der Waals surface area (Å²) in [5.74, 6) is 0.153. The number of morpholine rings is 1. The van der Waals surface area contributed by atoms with Gasteiger partial charge in [-0.2, -0.15) is 0 Å². The van der Waals surface area contributed by atoms with Gasteiger partial charge in [-0.25, -0.2) is 4.79 Å². The van der Waals surface area contributed by atoms with Gasteiger partial charge in [-0.3, -0.25) is 0 Å². The van der Waals surface area contributed by atoms with Crippen LogP contribution in [0.5, 0.6) is 0 Å². The number of amides is 1. The van der Waals surface area contributed by atoms with Gasteiger partial charge in [0.05, 0.1) is 18.8 Å². The Bertz CT molecular complexity index is 313. The largest absolute Gasteiger partial charge is 0.444 e. The third-order valence-electron chi connectivity index (χ3n) is 3.58.